The van der Waals surface area contributed by atoms with Gasteiger partial charge in [-0.05, 0) is 56.5 Å². The van der Waals surface area contributed by atoms with Crippen LogP contribution in [0.1, 0.15) is 22.2 Å². The van der Waals surface area contributed by atoms with Crippen LogP contribution in [0.2, 0.25) is 0 Å². The number of nitrogens with two attached hydrogens (primary N) is 1. The number of halogens is 2. The smallest absolute Gasteiger partial charge is 0.137 e. The van der Waals surface area contributed by atoms with Gasteiger partial charge >= 0.3 is 0 Å². The van der Waals surface area contributed by atoms with E-state index < -0.39 is 0 Å². The molecule has 0 aliphatic carbocycles. The van der Waals surface area contributed by atoms with Crippen LogP contribution in [-0.4, -0.2) is 0 Å². The van der Waals surface area contributed by atoms with Gasteiger partial charge in [0.15, 0.2) is 0 Å². The lowest BCUT2D eigenvalue weighted by molar-refractivity contribution is 0.526. The van der Waals surface area contributed by atoms with Crippen LogP contribution in [0.15, 0.2) is 43.0 Å². The number of hydrogen-bond acceptors (Lipinski definition) is 3. The summed E-state index contributed by atoms with van der Waals surface area (Å²) in [6, 6.07) is 9.93. The number of para-hydroxylation sites is 1. The summed E-state index contributed by atoms with van der Waals surface area (Å²) in [6.45, 7) is 2.04. The maximum absolute atomic E-state index is 6.29. The second-order valence-electron chi connectivity index (χ2n) is 4.39. The quantitative estimate of drug-likeness (QED) is 0.627. The van der Waals surface area contributed by atoms with Gasteiger partial charge in [-0.2, -0.15) is 0 Å². The van der Waals surface area contributed by atoms with Gasteiger partial charge in [0, 0.05) is 14.7 Å². The van der Waals surface area contributed by atoms with Crippen LogP contribution in [0.25, 0.3) is 11.0 Å². The average Bonchev–Trinajstić information content (AvgIpc) is 2.94. The van der Waals surface area contributed by atoms with Gasteiger partial charge in [-0.3, -0.25) is 0 Å². The minimum absolute atomic E-state index is 0.237. The standard InChI is InChI=1S/C14H11Br2NOS/c1-7-3-2-4-8-5-10(18-13(7)8)12(17)11-6-9(15)14(16)19-11/h2-6,12H,17H2,1H3. The molecule has 0 bridgehead atoms. The maximum Gasteiger partial charge on any atom is 0.137 e. The molecule has 3 aromatic rings. The van der Waals surface area contributed by atoms with Crippen LogP contribution in [0, 0.1) is 6.92 Å². The molecule has 1 aromatic carbocycles. The molecular weight excluding hydrogens is 390 g/mol. The molecule has 1 atom stereocenters. The molecule has 0 saturated carbocycles. The van der Waals surface area contributed by atoms with Crippen LogP contribution in [-0.2, 0) is 0 Å². The first-order valence-electron chi connectivity index (χ1n) is 5.75. The molecule has 2 nitrogen and oxygen atoms in total. The van der Waals surface area contributed by atoms with E-state index in [0.29, 0.717) is 0 Å². The Morgan fingerprint density at radius 3 is 2.68 bits per heavy atom. The number of aryl methyl sites for hydroxylation is 1. The third-order valence-electron chi connectivity index (χ3n) is 3.04. The van der Waals surface area contributed by atoms with Crippen molar-refractivity contribution >= 4 is 54.2 Å². The zero-order chi connectivity index (χ0) is 13.6. The third kappa shape index (κ3) is 2.40. The monoisotopic (exact) mass is 399 g/mol. The molecule has 0 saturated heterocycles. The number of furan rings is 1. The van der Waals surface area contributed by atoms with E-state index >= 15 is 0 Å². The van der Waals surface area contributed by atoms with Crippen LogP contribution in [0.5, 0.6) is 0 Å². The minimum Gasteiger partial charge on any atom is -0.459 e. The van der Waals surface area contributed by atoms with Gasteiger partial charge in [0.2, 0.25) is 0 Å². The van der Waals surface area contributed by atoms with Crippen molar-refractivity contribution in [2.24, 2.45) is 5.73 Å². The molecule has 5 heteroatoms. The van der Waals surface area contributed by atoms with Crippen molar-refractivity contribution in [3.63, 3.8) is 0 Å². The van der Waals surface area contributed by atoms with Gasteiger partial charge < -0.3 is 10.2 Å². The van der Waals surface area contributed by atoms with Gasteiger partial charge in [-0.15, -0.1) is 11.3 Å². The SMILES string of the molecule is Cc1cccc2cc(C(N)c3cc(Br)c(Br)s3)oc12. The van der Waals surface area contributed by atoms with E-state index in [1.54, 1.807) is 11.3 Å². The second kappa shape index (κ2) is 5.05. The molecule has 0 amide bonds. The molecular formula is C14H11Br2NOS. The van der Waals surface area contributed by atoms with E-state index in [1.165, 1.54) is 0 Å². The third-order valence-corrected chi connectivity index (χ3v) is 6.38. The lowest BCUT2D eigenvalue weighted by atomic mass is 10.1. The lowest BCUT2D eigenvalue weighted by Gasteiger charge is -2.04. The van der Waals surface area contributed by atoms with E-state index in [2.05, 4.69) is 31.9 Å². The van der Waals surface area contributed by atoms with Crippen LogP contribution in [0.3, 0.4) is 0 Å². The Hall–Kier alpha value is -0.620. The summed E-state index contributed by atoms with van der Waals surface area (Å²) in [5.74, 6) is 0.797. The average molecular weight is 401 g/mol. The molecule has 2 N–H and O–H groups in total. The molecule has 1 unspecified atom stereocenters. The number of benzene rings is 1. The number of hydrogen-bond donors (Lipinski definition) is 1. The lowest BCUT2D eigenvalue weighted by Crippen LogP contribution is -2.08. The van der Waals surface area contributed by atoms with Crippen molar-refractivity contribution in [1.29, 1.82) is 0 Å². The highest BCUT2D eigenvalue weighted by Gasteiger charge is 2.18. The fraction of sp³-hybridized carbons (Fsp3) is 0.143. The Balaban J connectivity index is 2.06. The van der Waals surface area contributed by atoms with E-state index in [4.69, 9.17) is 10.2 Å². The molecule has 0 radical (unpaired) electrons. The highest BCUT2D eigenvalue weighted by Crippen LogP contribution is 2.38. The zero-order valence-electron chi connectivity index (χ0n) is 10.1. The van der Waals surface area contributed by atoms with Crippen molar-refractivity contribution in [3.8, 4) is 0 Å². The summed E-state index contributed by atoms with van der Waals surface area (Å²) in [5.41, 5.74) is 8.34. The van der Waals surface area contributed by atoms with Gasteiger partial charge in [-0.25, -0.2) is 0 Å². The number of thiophene rings is 1. The molecule has 3 rings (SSSR count). The summed E-state index contributed by atoms with van der Waals surface area (Å²) < 4.78 is 7.99. The molecule has 0 aliphatic rings. The largest absolute Gasteiger partial charge is 0.459 e. The molecule has 98 valence electrons. The van der Waals surface area contributed by atoms with Crippen molar-refractivity contribution in [2.75, 3.05) is 0 Å². The summed E-state index contributed by atoms with van der Waals surface area (Å²) in [7, 11) is 0. The Labute approximate surface area is 131 Å². The van der Waals surface area contributed by atoms with Gasteiger partial charge in [0.25, 0.3) is 0 Å². The Kier molecular flexibility index (Phi) is 3.55. The normalized spacial score (nSPS) is 13.1. The number of fused-ring (bicyclic) bond motifs is 1. The molecule has 0 spiro atoms. The summed E-state index contributed by atoms with van der Waals surface area (Å²) in [4.78, 5) is 1.07. The Morgan fingerprint density at radius 2 is 2.05 bits per heavy atom. The van der Waals surface area contributed by atoms with E-state index in [1.807, 2.05) is 37.3 Å². The fourth-order valence-corrected chi connectivity index (χ4v) is 4.14. The highest BCUT2D eigenvalue weighted by molar-refractivity contribution is 9.13. The van der Waals surface area contributed by atoms with Gasteiger partial charge in [0.05, 0.1) is 9.83 Å². The minimum atomic E-state index is -0.237. The first kappa shape index (κ1) is 13.4. The predicted molar refractivity (Wildman–Crippen MR) is 86.7 cm³/mol. The van der Waals surface area contributed by atoms with Crippen molar-refractivity contribution in [3.05, 3.63) is 54.8 Å². The first-order valence-corrected chi connectivity index (χ1v) is 8.16. The zero-order valence-corrected chi connectivity index (χ0v) is 14.1. The Morgan fingerprint density at radius 1 is 1.26 bits per heavy atom. The van der Waals surface area contributed by atoms with Crippen LogP contribution >= 0.6 is 43.2 Å². The summed E-state index contributed by atoms with van der Waals surface area (Å²) >= 11 is 8.59. The van der Waals surface area contributed by atoms with Crippen LogP contribution < -0.4 is 5.73 Å². The number of rotatable bonds is 2. The first-order chi connectivity index (χ1) is 9.06. The second-order valence-corrected chi connectivity index (χ2v) is 7.65. The maximum atomic E-state index is 6.29. The molecule has 2 aromatic heterocycles. The van der Waals surface area contributed by atoms with Crippen LogP contribution in [0.4, 0.5) is 0 Å². The summed E-state index contributed by atoms with van der Waals surface area (Å²) in [5, 5.41) is 1.10. The molecule has 0 aliphatic heterocycles. The highest BCUT2D eigenvalue weighted by atomic mass is 79.9. The summed E-state index contributed by atoms with van der Waals surface area (Å²) in [6.07, 6.45) is 0. The van der Waals surface area contributed by atoms with Crippen molar-refractivity contribution in [2.45, 2.75) is 13.0 Å². The predicted octanol–water partition coefficient (Wildman–Crippen LogP) is 5.38. The Bertz CT molecular complexity index is 728. The van der Waals surface area contributed by atoms with Crippen molar-refractivity contribution < 1.29 is 4.42 Å². The molecule has 19 heavy (non-hydrogen) atoms. The van der Waals surface area contributed by atoms with E-state index in [9.17, 15) is 0 Å². The van der Waals surface area contributed by atoms with E-state index in [0.717, 1.165) is 35.4 Å². The topological polar surface area (TPSA) is 39.2 Å². The van der Waals surface area contributed by atoms with E-state index in [-0.39, 0.29) is 6.04 Å². The van der Waals surface area contributed by atoms with Gasteiger partial charge in [-0.1, -0.05) is 18.2 Å². The van der Waals surface area contributed by atoms with Gasteiger partial charge in [0.1, 0.15) is 11.3 Å². The molecule has 2 heterocycles. The fourth-order valence-electron chi connectivity index (χ4n) is 2.04. The molecule has 0 fully saturated rings. The van der Waals surface area contributed by atoms with Crippen molar-refractivity contribution in [1.82, 2.24) is 0 Å².